The third kappa shape index (κ3) is 5.31. The molecule has 24 heavy (non-hydrogen) atoms. The molecule has 0 atom stereocenters. The summed E-state index contributed by atoms with van der Waals surface area (Å²) in [5, 5.41) is 7.36. The molecule has 0 saturated heterocycles. The summed E-state index contributed by atoms with van der Waals surface area (Å²) in [6.45, 7) is 4.99. The number of hydrogen-bond donors (Lipinski definition) is 2. The van der Waals surface area contributed by atoms with Crippen LogP contribution in [-0.2, 0) is 6.61 Å². The average molecular weight is 326 g/mol. The number of nitrogens with zero attached hydrogens (tertiary/aromatic N) is 2. The molecule has 0 fully saturated rings. The van der Waals surface area contributed by atoms with Crippen molar-refractivity contribution in [2.75, 3.05) is 6.61 Å². The second-order valence-electron chi connectivity index (χ2n) is 5.19. The molecule has 2 aromatic rings. The normalized spacial score (nSPS) is 10.6. The van der Waals surface area contributed by atoms with Crippen LogP contribution in [0, 0.1) is 6.92 Å². The van der Waals surface area contributed by atoms with Gasteiger partial charge in [0.05, 0.1) is 12.8 Å². The second kappa shape index (κ2) is 8.57. The van der Waals surface area contributed by atoms with Crippen LogP contribution in [-0.4, -0.2) is 18.8 Å². The maximum atomic E-state index is 5.89. The molecule has 0 saturated carbocycles. The van der Waals surface area contributed by atoms with Crippen molar-refractivity contribution in [1.29, 1.82) is 0 Å². The Hall–Kier alpha value is -3.02. The van der Waals surface area contributed by atoms with Crippen molar-refractivity contribution in [3.8, 4) is 11.5 Å². The summed E-state index contributed by atoms with van der Waals surface area (Å²) in [6, 6.07) is 13.7. The third-order valence-electron chi connectivity index (χ3n) is 3.12. The predicted molar refractivity (Wildman–Crippen MR) is 96.5 cm³/mol. The summed E-state index contributed by atoms with van der Waals surface area (Å²) in [4.78, 5) is 0. The Balaban J connectivity index is 2.13. The van der Waals surface area contributed by atoms with E-state index in [0.717, 1.165) is 11.1 Å². The molecule has 0 heterocycles. The van der Waals surface area contributed by atoms with Crippen molar-refractivity contribution in [3.05, 3.63) is 59.2 Å². The first-order chi connectivity index (χ1) is 11.6. The quantitative estimate of drug-likeness (QED) is 0.464. The standard InChI is InChI=1S/C18H22N4O2/c1-3-23-17-10-14(11-21-22-18(19)20)7-8-16(17)24-12-15-6-4-5-13(2)9-15/h4-11H,3,12H2,1-2H3,(H4,19,20,22)/b21-11+. The maximum absolute atomic E-state index is 5.89. The van der Waals surface area contributed by atoms with E-state index in [1.54, 1.807) is 6.21 Å². The number of guanidine groups is 1. The summed E-state index contributed by atoms with van der Waals surface area (Å²) in [7, 11) is 0. The van der Waals surface area contributed by atoms with E-state index in [1.165, 1.54) is 5.56 Å². The molecule has 2 rings (SSSR count). The minimum Gasteiger partial charge on any atom is -0.490 e. The third-order valence-corrected chi connectivity index (χ3v) is 3.12. The highest BCUT2D eigenvalue weighted by Crippen LogP contribution is 2.29. The Morgan fingerprint density at radius 3 is 2.62 bits per heavy atom. The molecule has 0 amide bonds. The average Bonchev–Trinajstić information content (AvgIpc) is 2.54. The maximum Gasteiger partial charge on any atom is 0.211 e. The van der Waals surface area contributed by atoms with Crippen LogP contribution >= 0.6 is 0 Å². The molecule has 0 bridgehead atoms. The highest BCUT2D eigenvalue weighted by atomic mass is 16.5. The number of hydrogen-bond acceptors (Lipinski definition) is 4. The lowest BCUT2D eigenvalue weighted by Gasteiger charge is -2.12. The number of nitrogens with two attached hydrogens (primary N) is 2. The van der Waals surface area contributed by atoms with Gasteiger partial charge in [0.25, 0.3) is 0 Å². The molecule has 6 nitrogen and oxygen atoms in total. The van der Waals surface area contributed by atoms with E-state index in [2.05, 4.69) is 29.3 Å². The lowest BCUT2D eigenvalue weighted by Crippen LogP contribution is -2.21. The zero-order valence-electron chi connectivity index (χ0n) is 13.9. The van der Waals surface area contributed by atoms with Crippen LogP contribution in [0.25, 0.3) is 0 Å². The molecular weight excluding hydrogens is 304 g/mol. The van der Waals surface area contributed by atoms with E-state index >= 15 is 0 Å². The van der Waals surface area contributed by atoms with Crippen molar-refractivity contribution < 1.29 is 9.47 Å². The molecule has 0 unspecified atom stereocenters. The lowest BCUT2D eigenvalue weighted by atomic mass is 10.1. The van der Waals surface area contributed by atoms with Crippen molar-refractivity contribution in [1.82, 2.24) is 0 Å². The summed E-state index contributed by atoms with van der Waals surface area (Å²) >= 11 is 0. The van der Waals surface area contributed by atoms with Crippen LogP contribution in [0.1, 0.15) is 23.6 Å². The van der Waals surface area contributed by atoms with Crippen LogP contribution in [0.4, 0.5) is 0 Å². The second-order valence-corrected chi connectivity index (χ2v) is 5.19. The van der Waals surface area contributed by atoms with Crippen molar-refractivity contribution >= 4 is 12.2 Å². The monoisotopic (exact) mass is 326 g/mol. The Morgan fingerprint density at radius 1 is 1.08 bits per heavy atom. The molecule has 6 heteroatoms. The first-order valence-corrected chi connectivity index (χ1v) is 7.65. The SMILES string of the molecule is CCOc1cc(/C=N/N=C(N)N)ccc1OCc1cccc(C)c1. The van der Waals surface area contributed by atoms with Gasteiger partial charge in [-0.1, -0.05) is 29.8 Å². The predicted octanol–water partition coefficient (Wildman–Crippen LogP) is 2.58. The molecule has 0 radical (unpaired) electrons. The minimum atomic E-state index is -0.0885. The minimum absolute atomic E-state index is 0.0885. The van der Waals surface area contributed by atoms with Crippen molar-refractivity contribution in [2.24, 2.45) is 21.7 Å². The highest BCUT2D eigenvalue weighted by Gasteiger charge is 2.06. The zero-order valence-corrected chi connectivity index (χ0v) is 13.9. The fourth-order valence-electron chi connectivity index (χ4n) is 2.12. The van der Waals surface area contributed by atoms with Gasteiger partial charge in [-0.25, -0.2) is 0 Å². The van der Waals surface area contributed by atoms with E-state index in [4.69, 9.17) is 20.9 Å². The van der Waals surface area contributed by atoms with Crippen molar-refractivity contribution in [3.63, 3.8) is 0 Å². The van der Waals surface area contributed by atoms with Crippen LogP contribution in [0.2, 0.25) is 0 Å². The van der Waals surface area contributed by atoms with Gasteiger partial charge in [-0.05, 0) is 43.2 Å². The molecular formula is C18H22N4O2. The number of benzene rings is 2. The molecule has 0 aliphatic rings. The topological polar surface area (TPSA) is 95.2 Å². The van der Waals surface area contributed by atoms with Gasteiger partial charge in [0.1, 0.15) is 6.61 Å². The van der Waals surface area contributed by atoms with Crippen LogP contribution in [0.5, 0.6) is 11.5 Å². The Kier molecular flexibility index (Phi) is 6.19. The molecule has 2 aromatic carbocycles. The fraction of sp³-hybridized carbons (Fsp3) is 0.222. The van der Waals surface area contributed by atoms with Crippen LogP contribution in [0.15, 0.2) is 52.7 Å². The summed E-state index contributed by atoms with van der Waals surface area (Å²) in [5.41, 5.74) is 13.6. The van der Waals surface area contributed by atoms with Gasteiger partial charge in [0.2, 0.25) is 5.96 Å². The highest BCUT2D eigenvalue weighted by molar-refractivity contribution is 5.82. The fourth-order valence-corrected chi connectivity index (χ4v) is 2.12. The molecule has 126 valence electrons. The van der Waals surface area contributed by atoms with E-state index < -0.39 is 0 Å². The summed E-state index contributed by atoms with van der Waals surface area (Å²) in [5.74, 6) is 1.24. The first kappa shape index (κ1) is 17.3. The molecule has 0 aliphatic heterocycles. The molecule has 0 aliphatic carbocycles. The smallest absolute Gasteiger partial charge is 0.211 e. The van der Waals surface area contributed by atoms with Gasteiger partial charge in [0.15, 0.2) is 11.5 Å². The Labute approximate surface area is 141 Å². The van der Waals surface area contributed by atoms with Gasteiger partial charge in [-0.2, -0.15) is 5.10 Å². The van der Waals surface area contributed by atoms with Crippen LogP contribution in [0.3, 0.4) is 0 Å². The van der Waals surface area contributed by atoms with Gasteiger partial charge in [-0.3, -0.25) is 0 Å². The van der Waals surface area contributed by atoms with Gasteiger partial charge < -0.3 is 20.9 Å². The summed E-state index contributed by atoms with van der Waals surface area (Å²) < 4.78 is 11.5. The van der Waals surface area contributed by atoms with E-state index in [9.17, 15) is 0 Å². The molecule has 4 N–H and O–H groups in total. The Morgan fingerprint density at radius 2 is 1.92 bits per heavy atom. The van der Waals surface area contributed by atoms with E-state index in [-0.39, 0.29) is 5.96 Å². The van der Waals surface area contributed by atoms with Gasteiger partial charge in [0, 0.05) is 0 Å². The van der Waals surface area contributed by atoms with Crippen LogP contribution < -0.4 is 20.9 Å². The first-order valence-electron chi connectivity index (χ1n) is 7.65. The van der Waals surface area contributed by atoms with Crippen molar-refractivity contribution in [2.45, 2.75) is 20.5 Å². The molecule has 0 spiro atoms. The van der Waals surface area contributed by atoms with E-state index in [1.807, 2.05) is 37.3 Å². The number of rotatable bonds is 7. The summed E-state index contributed by atoms with van der Waals surface area (Å²) in [6.07, 6.45) is 1.55. The van der Waals surface area contributed by atoms with Gasteiger partial charge >= 0.3 is 0 Å². The number of aryl methyl sites for hydroxylation is 1. The lowest BCUT2D eigenvalue weighted by molar-refractivity contribution is 0.269. The molecule has 0 aromatic heterocycles. The largest absolute Gasteiger partial charge is 0.490 e. The Bertz CT molecular complexity index is 738. The van der Waals surface area contributed by atoms with E-state index in [0.29, 0.717) is 24.7 Å². The van der Waals surface area contributed by atoms with Gasteiger partial charge in [-0.15, -0.1) is 5.10 Å². The number of ether oxygens (including phenoxy) is 2. The zero-order chi connectivity index (χ0) is 17.4.